The van der Waals surface area contributed by atoms with Gasteiger partial charge in [0.15, 0.2) is 11.6 Å². The predicted octanol–water partition coefficient (Wildman–Crippen LogP) is 10.7. The summed E-state index contributed by atoms with van der Waals surface area (Å²) >= 11 is 6.46. The Morgan fingerprint density at radius 1 is 0.302 bits per heavy atom. The zero-order valence-electron chi connectivity index (χ0n) is 23.1. The van der Waals surface area contributed by atoms with Crippen LogP contribution in [0.2, 0.25) is 5.28 Å². The van der Waals surface area contributed by atoms with Crippen LogP contribution in [-0.2, 0) is 0 Å². The largest absolute Gasteiger partial charge is 0.226 e. The fraction of sp³-hybridized carbons (Fsp3) is 0. The third kappa shape index (κ3) is 4.90. The highest BCUT2D eigenvalue weighted by Gasteiger charge is 2.12. The Morgan fingerprint density at radius 2 is 0.674 bits per heavy atom. The zero-order chi connectivity index (χ0) is 28.8. The number of benzene rings is 7. The van der Waals surface area contributed by atoms with Crippen LogP contribution in [0.4, 0.5) is 0 Å². The molecule has 0 radical (unpaired) electrons. The van der Waals surface area contributed by atoms with Crippen molar-refractivity contribution in [1.82, 2.24) is 15.0 Å². The Hall–Kier alpha value is -5.38. The lowest BCUT2D eigenvalue weighted by atomic mass is 9.98. The van der Waals surface area contributed by atoms with Gasteiger partial charge in [-0.05, 0) is 96.5 Å². The molecule has 0 spiro atoms. The first kappa shape index (κ1) is 25.3. The molecule has 43 heavy (non-hydrogen) atoms. The minimum absolute atomic E-state index is 0.169. The van der Waals surface area contributed by atoms with E-state index in [0.717, 1.165) is 33.0 Å². The summed E-state index contributed by atoms with van der Waals surface area (Å²) in [6.45, 7) is 0. The van der Waals surface area contributed by atoms with Crippen molar-refractivity contribution in [2.45, 2.75) is 0 Å². The number of fused-ring (bicyclic) bond motifs is 3. The molecule has 0 atom stereocenters. The van der Waals surface area contributed by atoms with Crippen LogP contribution in [0.5, 0.6) is 0 Å². The maximum Gasteiger partial charge on any atom is 0.226 e. The van der Waals surface area contributed by atoms with Crippen molar-refractivity contribution >= 4 is 43.9 Å². The van der Waals surface area contributed by atoms with Gasteiger partial charge >= 0.3 is 0 Å². The van der Waals surface area contributed by atoms with Crippen LogP contribution in [0, 0.1) is 0 Å². The molecule has 3 nitrogen and oxygen atoms in total. The fourth-order valence-corrected chi connectivity index (χ4v) is 5.91. The van der Waals surface area contributed by atoms with Crippen molar-refractivity contribution in [3.05, 3.63) is 151 Å². The van der Waals surface area contributed by atoms with E-state index in [1.54, 1.807) is 0 Å². The van der Waals surface area contributed by atoms with E-state index >= 15 is 0 Å². The van der Waals surface area contributed by atoms with E-state index in [1.807, 2.05) is 18.2 Å². The van der Waals surface area contributed by atoms with Gasteiger partial charge in [-0.2, -0.15) is 9.97 Å². The maximum atomic E-state index is 6.46. The molecule has 4 heteroatoms. The maximum absolute atomic E-state index is 6.46. The van der Waals surface area contributed by atoms with Gasteiger partial charge in [-0.3, -0.25) is 0 Å². The van der Waals surface area contributed by atoms with Crippen molar-refractivity contribution in [3.63, 3.8) is 0 Å². The molecule has 0 aliphatic carbocycles. The number of hydrogen-bond acceptors (Lipinski definition) is 3. The second-order valence-corrected chi connectivity index (χ2v) is 11.1. The van der Waals surface area contributed by atoms with Crippen LogP contribution >= 0.6 is 11.6 Å². The van der Waals surface area contributed by atoms with Gasteiger partial charge in [-0.15, -0.1) is 0 Å². The van der Waals surface area contributed by atoms with Crippen LogP contribution in [0.1, 0.15) is 0 Å². The molecule has 0 saturated heterocycles. The monoisotopic (exact) mass is 569 g/mol. The molecule has 0 bridgehead atoms. The summed E-state index contributed by atoms with van der Waals surface area (Å²) in [6.07, 6.45) is 0. The molecule has 0 N–H and O–H groups in total. The second-order valence-electron chi connectivity index (χ2n) is 10.7. The van der Waals surface area contributed by atoms with Crippen molar-refractivity contribution in [2.75, 3.05) is 0 Å². The number of nitrogens with zero attached hydrogens (tertiary/aromatic N) is 3. The van der Waals surface area contributed by atoms with Gasteiger partial charge in [0.1, 0.15) is 0 Å². The minimum atomic E-state index is 0.169. The van der Waals surface area contributed by atoms with Crippen LogP contribution < -0.4 is 0 Å². The van der Waals surface area contributed by atoms with Crippen molar-refractivity contribution in [1.29, 1.82) is 0 Å². The number of halogens is 1. The molecular formula is C39H24ClN3. The van der Waals surface area contributed by atoms with E-state index in [1.165, 1.54) is 32.7 Å². The van der Waals surface area contributed by atoms with E-state index in [-0.39, 0.29) is 5.28 Å². The van der Waals surface area contributed by atoms with Gasteiger partial charge in [-0.25, -0.2) is 4.98 Å². The van der Waals surface area contributed by atoms with Crippen molar-refractivity contribution in [2.24, 2.45) is 0 Å². The summed E-state index contributed by atoms with van der Waals surface area (Å²) < 4.78 is 0. The fourth-order valence-electron chi connectivity index (χ4n) is 5.75. The third-order valence-corrected chi connectivity index (χ3v) is 8.16. The normalized spacial score (nSPS) is 11.4. The molecule has 1 aromatic heterocycles. The van der Waals surface area contributed by atoms with E-state index in [4.69, 9.17) is 16.6 Å². The number of aromatic nitrogens is 3. The molecular weight excluding hydrogens is 546 g/mol. The van der Waals surface area contributed by atoms with Gasteiger partial charge in [0, 0.05) is 11.1 Å². The van der Waals surface area contributed by atoms with E-state index < -0.39 is 0 Å². The summed E-state index contributed by atoms with van der Waals surface area (Å²) in [5, 5.41) is 7.33. The second kappa shape index (κ2) is 10.5. The first-order valence-electron chi connectivity index (χ1n) is 14.2. The molecule has 202 valence electrons. The van der Waals surface area contributed by atoms with Crippen molar-refractivity contribution in [3.8, 4) is 45.0 Å². The molecule has 0 fully saturated rings. The Balaban J connectivity index is 1.13. The van der Waals surface area contributed by atoms with Crippen LogP contribution in [-0.4, -0.2) is 15.0 Å². The topological polar surface area (TPSA) is 38.7 Å². The van der Waals surface area contributed by atoms with Crippen LogP contribution in [0.15, 0.2) is 146 Å². The van der Waals surface area contributed by atoms with Gasteiger partial charge in [0.2, 0.25) is 5.28 Å². The highest BCUT2D eigenvalue weighted by molar-refractivity contribution is 6.28. The number of hydrogen-bond donors (Lipinski definition) is 0. The molecule has 8 rings (SSSR count). The third-order valence-electron chi connectivity index (χ3n) is 7.99. The summed E-state index contributed by atoms with van der Waals surface area (Å²) in [5.74, 6) is 1.09. The lowest BCUT2D eigenvalue weighted by molar-refractivity contribution is 1.07. The SMILES string of the molecule is Clc1nc(-c2cccc(-c3ccc4ccccc4c3)c2)nc(-c2ccc3cc(-c4ccc5ccccc5c4)ccc3c2)n1. The molecule has 0 amide bonds. The standard InChI is InChI=1S/C39H24ClN3/c40-39-42-37(35-11-5-10-29(23-35)30-14-12-25-6-1-3-8-27(25)20-30)41-38(43-39)36-19-18-33-22-32(16-17-34(33)24-36)31-15-13-26-7-2-4-9-28(26)21-31/h1-24H. The molecule has 0 saturated carbocycles. The Bertz CT molecular complexity index is 2330. The molecule has 1 heterocycles. The average Bonchev–Trinajstić information content (AvgIpc) is 3.07. The smallest absolute Gasteiger partial charge is 0.208 e. The summed E-state index contributed by atoms with van der Waals surface area (Å²) in [5.41, 5.74) is 6.39. The first-order valence-corrected chi connectivity index (χ1v) is 14.6. The number of rotatable bonds is 4. The molecule has 8 aromatic rings. The van der Waals surface area contributed by atoms with Crippen LogP contribution in [0.25, 0.3) is 77.3 Å². The Morgan fingerprint density at radius 3 is 1.23 bits per heavy atom. The van der Waals surface area contributed by atoms with Crippen LogP contribution in [0.3, 0.4) is 0 Å². The Labute approximate surface area is 254 Å². The highest BCUT2D eigenvalue weighted by atomic mass is 35.5. The van der Waals surface area contributed by atoms with Crippen molar-refractivity contribution < 1.29 is 0 Å². The van der Waals surface area contributed by atoms with E-state index in [9.17, 15) is 0 Å². The lowest BCUT2D eigenvalue weighted by Crippen LogP contribution is -1.97. The molecule has 0 aliphatic rings. The molecule has 7 aromatic carbocycles. The van der Waals surface area contributed by atoms with Gasteiger partial charge in [-0.1, -0.05) is 115 Å². The Kier molecular flexibility index (Phi) is 6.17. The molecule has 0 unspecified atom stereocenters. The quantitative estimate of drug-likeness (QED) is 0.211. The summed E-state index contributed by atoms with van der Waals surface area (Å²) in [4.78, 5) is 13.8. The van der Waals surface area contributed by atoms with Gasteiger partial charge in [0.25, 0.3) is 0 Å². The summed E-state index contributed by atoms with van der Waals surface area (Å²) in [6, 6.07) is 51.0. The van der Waals surface area contributed by atoms with Gasteiger partial charge < -0.3 is 0 Å². The minimum Gasteiger partial charge on any atom is -0.208 e. The lowest BCUT2D eigenvalue weighted by Gasteiger charge is -2.09. The average molecular weight is 570 g/mol. The molecule has 0 aliphatic heterocycles. The zero-order valence-corrected chi connectivity index (χ0v) is 23.8. The predicted molar refractivity (Wildman–Crippen MR) is 179 cm³/mol. The summed E-state index contributed by atoms with van der Waals surface area (Å²) in [7, 11) is 0. The van der Waals surface area contributed by atoms with E-state index in [2.05, 4.69) is 137 Å². The highest BCUT2D eigenvalue weighted by Crippen LogP contribution is 2.32. The van der Waals surface area contributed by atoms with Gasteiger partial charge in [0.05, 0.1) is 0 Å². The van der Waals surface area contributed by atoms with E-state index in [0.29, 0.717) is 11.6 Å². The first-order chi connectivity index (χ1) is 21.2.